The van der Waals surface area contributed by atoms with Crippen LogP contribution in [0.15, 0.2) is 58.8 Å². The van der Waals surface area contributed by atoms with Gasteiger partial charge in [0.15, 0.2) is 0 Å². The number of hydrogen-bond donors (Lipinski definition) is 1. The Morgan fingerprint density at radius 2 is 1.80 bits per heavy atom. The van der Waals surface area contributed by atoms with E-state index >= 15 is 0 Å². The Kier molecular flexibility index (Phi) is 4.23. The second-order valence-electron chi connectivity index (χ2n) is 4.48. The molecule has 0 fully saturated rings. The molecule has 0 saturated heterocycles. The zero-order valence-electron chi connectivity index (χ0n) is 10.8. The second kappa shape index (κ2) is 6.29. The molecule has 2 aromatic carbocycles. The molecule has 0 aromatic heterocycles. The average molecular weight is 300 g/mol. The van der Waals surface area contributed by atoms with E-state index in [2.05, 4.69) is 23.4 Å². The van der Waals surface area contributed by atoms with E-state index in [1.807, 2.05) is 36.4 Å². The third kappa shape index (κ3) is 2.81. The van der Waals surface area contributed by atoms with Crippen LogP contribution >= 0.6 is 23.5 Å². The van der Waals surface area contributed by atoms with Crippen LogP contribution in [0.2, 0.25) is 0 Å². The van der Waals surface area contributed by atoms with Crippen LogP contribution < -0.4 is 5.18 Å². The Balaban J connectivity index is 1.85. The predicted molar refractivity (Wildman–Crippen MR) is 86.7 cm³/mol. The summed E-state index contributed by atoms with van der Waals surface area (Å²) in [4.78, 5) is 11.3. The van der Waals surface area contributed by atoms with Gasteiger partial charge in [-0.3, -0.25) is 0 Å². The molecule has 1 N–H and O–H groups in total. The lowest BCUT2D eigenvalue weighted by Gasteiger charge is -2.14. The fraction of sp³-hybridized carbons (Fsp3) is 0.125. The van der Waals surface area contributed by atoms with Crippen molar-refractivity contribution < 1.29 is 5.18 Å². The van der Waals surface area contributed by atoms with Crippen LogP contribution in [0.5, 0.6) is 0 Å². The van der Waals surface area contributed by atoms with Gasteiger partial charge >= 0.3 is 0 Å². The summed E-state index contributed by atoms with van der Waals surface area (Å²) in [6, 6.07) is 18.4. The highest BCUT2D eigenvalue weighted by molar-refractivity contribution is 8.21. The summed E-state index contributed by atoms with van der Waals surface area (Å²) in [6.07, 6.45) is 0. The van der Waals surface area contributed by atoms with Gasteiger partial charge in [-0.2, -0.15) is 0 Å². The molecule has 1 aliphatic rings. The first-order chi connectivity index (χ1) is 9.88. The molecule has 3 rings (SSSR count). The molecule has 0 unspecified atom stereocenters. The summed E-state index contributed by atoms with van der Waals surface area (Å²) in [5.74, 6) is 1.81. The second-order valence-corrected chi connectivity index (χ2v) is 6.71. The Morgan fingerprint density at radius 1 is 1.05 bits per heavy atom. The Hall–Kier alpha value is -1.52. The molecule has 2 aromatic rings. The summed E-state index contributed by atoms with van der Waals surface area (Å²) in [5.41, 5.74) is 4.25. The van der Waals surface area contributed by atoms with Crippen molar-refractivity contribution in [2.24, 2.45) is 0 Å². The lowest BCUT2D eigenvalue weighted by atomic mass is 10.1. The van der Waals surface area contributed by atoms with E-state index in [4.69, 9.17) is 0 Å². The Morgan fingerprint density at radius 3 is 2.60 bits per heavy atom. The van der Waals surface area contributed by atoms with Gasteiger partial charge in [0.1, 0.15) is 4.24 Å². The molecule has 1 heterocycles. The largest absolute Gasteiger partial charge is 0.280 e. The van der Waals surface area contributed by atoms with Crippen LogP contribution in [-0.2, 0) is 11.5 Å². The smallest absolute Gasteiger partial charge is 0.108 e. The average Bonchev–Trinajstić information content (AvgIpc) is 2.53. The van der Waals surface area contributed by atoms with Crippen molar-refractivity contribution in [1.82, 2.24) is 0 Å². The van der Waals surface area contributed by atoms with Gasteiger partial charge in [-0.25, -0.2) is 0 Å². The van der Waals surface area contributed by atoms with Gasteiger partial charge in [-0.1, -0.05) is 48.5 Å². The summed E-state index contributed by atoms with van der Waals surface area (Å²) >= 11 is 3.46. The van der Waals surface area contributed by atoms with Crippen LogP contribution in [-0.4, -0.2) is 0 Å². The van der Waals surface area contributed by atoms with E-state index in [9.17, 15) is 4.91 Å². The zero-order chi connectivity index (χ0) is 13.8. The van der Waals surface area contributed by atoms with Crippen molar-refractivity contribution in [3.05, 3.63) is 80.4 Å². The summed E-state index contributed by atoms with van der Waals surface area (Å²) in [6.45, 7) is 0. The minimum absolute atomic E-state index is 0.720. The molecule has 0 spiro atoms. The molecular weight excluding hydrogens is 286 g/mol. The number of rotatable bonds is 4. The highest BCUT2D eigenvalue weighted by atomic mass is 32.2. The Labute approximate surface area is 126 Å². The summed E-state index contributed by atoms with van der Waals surface area (Å²) < 4.78 is 1.09. The van der Waals surface area contributed by atoms with Gasteiger partial charge in [0.25, 0.3) is 5.70 Å². The first kappa shape index (κ1) is 13.5. The number of hydrogen-bond acceptors (Lipinski definition) is 3. The molecule has 0 amide bonds. The van der Waals surface area contributed by atoms with Crippen LogP contribution in [0.25, 0.3) is 5.70 Å². The molecule has 0 radical (unpaired) electrons. The van der Waals surface area contributed by atoms with Crippen LogP contribution in [0, 0.1) is 4.91 Å². The standard InChI is InChI=1S/C16H13NOS2/c18-17-15-14-9-5-4-8-13(14)11-20-16(15)19-10-12-6-2-1-3-7-12/h1-9H,10-11H2/p+1. The molecule has 2 nitrogen and oxygen atoms in total. The van der Waals surface area contributed by atoms with E-state index in [1.165, 1.54) is 11.1 Å². The van der Waals surface area contributed by atoms with E-state index in [0.29, 0.717) is 0 Å². The molecule has 100 valence electrons. The first-order valence-electron chi connectivity index (χ1n) is 6.38. The minimum atomic E-state index is 0.720. The molecular formula is C16H14NOS2+. The highest BCUT2D eigenvalue weighted by Gasteiger charge is 2.25. The molecule has 0 bridgehead atoms. The van der Waals surface area contributed by atoms with Crippen molar-refractivity contribution in [2.45, 2.75) is 11.5 Å². The van der Waals surface area contributed by atoms with E-state index in [-0.39, 0.29) is 0 Å². The normalized spacial score (nSPS) is 14.0. The maximum Gasteiger partial charge on any atom is 0.280 e. The van der Waals surface area contributed by atoms with Crippen LogP contribution in [0.4, 0.5) is 0 Å². The fourth-order valence-corrected chi connectivity index (χ4v) is 4.46. The summed E-state index contributed by atoms with van der Waals surface area (Å²) in [7, 11) is 0. The van der Waals surface area contributed by atoms with E-state index in [0.717, 1.165) is 27.0 Å². The van der Waals surface area contributed by atoms with Crippen molar-refractivity contribution in [1.29, 1.82) is 0 Å². The van der Waals surface area contributed by atoms with Gasteiger partial charge in [-0.05, 0) is 17.2 Å². The van der Waals surface area contributed by atoms with E-state index < -0.39 is 0 Å². The molecule has 0 saturated carbocycles. The number of fused-ring (bicyclic) bond motifs is 1. The maximum atomic E-state index is 11.3. The third-order valence-corrected chi connectivity index (χ3v) is 5.74. The number of nitroso groups, excluding NO2 is 1. The van der Waals surface area contributed by atoms with Gasteiger partial charge in [0.05, 0.1) is 5.56 Å². The molecule has 20 heavy (non-hydrogen) atoms. The molecule has 4 heteroatoms. The van der Waals surface area contributed by atoms with Crippen molar-refractivity contribution in [3.63, 3.8) is 0 Å². The quantitative estimate of drug-likeness (QED) is 0.939. The lowest BCUT2D eigenvalue weighted by Crippen LogP contribution is -2.61. The highest BCUT2D eigenvalue weighted by Crippen LogP contribution is 2.41. The summed E-state index contributed by atoms with van der Waals surface area (Å²) in [5, 5.41) is 2.13. The van der Waals surface area contributed by atoms with Crippen molar-refractivity contribution in [3.8, 4) is 0 Å². The van der Waals surface area contributed by atoms with Gasteiger partial charge in [0, 0.05) is 21.6 Å². The van der Waals surface area contributed by atoms with Crippen molar-refractivity contribution >= 4 is 29.2 Å². The minimum Gasteiger partial charge on any atom is -0.108 e. The number of nitrogens with one attached hydrogen (secondary N) is 1. The lowest BCUT2D eigenvalue weighted by molar-refractivity contribution is -0.369. The topological polar surface area (TPSA) is 31.0 Å². The first-order valence-corrected chi connectivity index (χ1v) is 8.36. The van der Waals surface area contributed by atoms with Gasteiger partial charge in [0.2, 0.25) is 0 Å². The third-order valence-electron chi connectivity index (χ3n) is 3.16. The van der Waals surface area contributed by atoms with Crippen LogP contribution in [0.3, 0.4) is 0 Å². The molecule has 0 aliphatic carbocycles. The van der Waals surface area contributed by atoms with Crippen LogP contribution in [0.1, 0.15) is 16.7 Å². The molecule has 0 atom stereocenters. The number of thioether (sulfide) groups is 2. The van der Waals surface area contributed by atoms with Gasteiger partial charge in [-0.15, -0.1) is 23.5 Å². The predicted octanol–water partition coefficient (Wildman–Crippen LogP) is 3.34. The monoisotopic (exact) mass is 300 g/mol. The maximum absolute atomic E-state index is 11.3. The van der Waals surface area contributed by atoms with Crippen molar-refractivity contribution in [2.75, 3.05) is 0 Å². The fourth-order valence-electron chi connectivity index (χ4n) is 2.15. The van der Waals surface area contributed by atoms with Gasteiger partial charge < -0.3 is 0 Å². The molecule has 1 aliphatic heterocycles. The zero-order valence-corrected chi connectivity index (χ0v) is 12.5. The Bertz CT molecular complexity index is 653. The number of benzene rings is 2. The van der Waals surface area contributed by atoms with E-state index in [1.54, 1.807) is 23.5 Å². The SMILES string of the molecule is O=[NH+]C1=C(SCc2ccccc2)SCc2ccccc21.